The molecule has 3 nitrogen and oxygen atoms in total. The Hall–Kier alpha value is -0.780. The Labute approximate surface area is 124 Å². The Balaban J connectivity index is 1.80. The lowest BCUT2D eigenvalue weighted by Crippen LogP contribution is -2.45. The number of likely N-dealkylation sites (tertiary alicyclic amines) is 1. The summed E-state index contributed by atoms with van der Waals surface area (Å²) in [5.74, 6) is -0.922. The van der Waals surface area contributed by atoms with Gasteiger partial charge in [-0.15, -0.1) is 0 Å². The number of piperidine rings is 1. The molecule has 0 aromatic carbocycles. The molecule has 21 heavy (non-hydrogen) atoms. The lowest BCUT2D eigenvalue weighted by atomic mass is 9.80. The lowest BCUT2D eigenvalue weighted by Gasteiger charge is -2.37. The third kappa shape index (κ3) is 4.11. The van der Waals surface area contributed by atoms with E-state index >= 15 is 0 Å². The SMILES string of the molecule is CC(N)C1CCN(C(=O)C2CCC(C(F)(F)F)CC2)CC1. The van der Waals surface area contributed by atoms with E-state index in [1.165, 1.54) is 0 Å². The molecule has 2 N–H and O–H groups in total. The number of halogens is 3. The number of hydrogen-bond acceptors (Lipinski definition) is 2. The van der Waals surface area contributed by atoms with E-state index in [4.69, 9.17) is 5.73 Å². The van der Waals surface area contributed by atoms with E-state index in [1.807, 2.05) is 11.8 Å². The molecule has 2 rings (SSSR count). The summed E-state index contributed by atoms with van der Waals surface area (Å²) in [7, 11) is 0. The fraction of sp³-hybridized carbons (Fsp3) is 0.933. The van der Waals surface area contributed by atoms with Crippen LogP contribution in [0.4, 0.5) is 13.2 Å². The average Bonchev–Trinajstić information content (AvgIpc) is 2.46. The minimum absolute atomic E-state index is 0.0544. The maximum absolute atomic E-state index is 12.6. The first-order valence-electron chi connectivity index (χ1n) is 7.90. The largest absolute Gasteiger partial charge is 0.391 e. The van der Waals surface area contributed by atoms with Gasteiger partial charge in [0.2, 0.25) is 5.91 Å². The third-order valence-electron chi connectivity index (χ3n) is 5.13. The van der Waals surface area contributed by atoms with Gasteiger partial charge in [-0.05, 0) is 51.4 Å². The van der Waals surface area contributed by atoms with Crippen molar-refractivity contribution >= 4 is 5.91 Å². The molecule has 6 heteroatoms. The molecule has 0 bridgehead atoms. The van der Waals surface area contributed by atoms with Crippen molar-refractivity contribution in [2.75, 3.05) is 13.1 Å². The van der Waals surface area contributed by atoms with Crippen molar-refractivity contribution in [3.63, 3.8) is 0 Å². The molecule has 1 aliphatic carbocycles. The van der Waals surface area contributed by atoms with E-state index in [-0.39, 0.29) is 30.7 Å². The highest BCUT2D eigenvalue weighted by Crippen LogP contribution is 2.40. The molecule has 122 valence electrons. The minimum atomic E-state index is -4.11. The Morgan fingerprint density at radius 1 is 1.10 bits per heavy atom. The highest BCUT2D eigenvalue weighted by molar-refractivity contribution is 5.79. The van der Waals surface area contributed by atoms with Crippen LogP contribution in [0.15, 0.2) is 0 Å². The van der Waals surface area contributed by atoms with Crippen LogP contribution in [0.1, 0.15) is 45.4 Å². The predicted octanol–water partition coefficient (Wildman–Crippen LogP) is 2.94. The van der Waals surface area contributed by atoms with Gasteiger partial charge >= 0.3 is 6.18 Å². The van der Waals surface area contributed by atoms with E-state index in [2.05, 4.69) is 0 Å². The second-order valence-corrected chi connectivity index (χ2v) is 6.61. The molecule has 0 radical (unpaired) electrons. The number of amides is 1. The van der Waals surface area contributed by atoms with Crippen molar-refractivity contribution in [3.05, 3.63) is 0 Å². The van der Waals surface area contributed by atoms with Crippen LogP contribution in [0.2, 0.25) is 0 Å². The highest BCUT2D eigenvalue weighted by Gasteiger charge is 2.43. The normalized spacial score (nSPS) is 30.2. The molecular formula is C15H25F3N2O. The van der Waals surface area contributed by atoms with E-state index in [0.717, 1.165) is 12.8 Å². The van der Waals surface area contributed by atoms with E-state index in [0.29, 0.717) is 31.8 Å². The zero-order valence-electron chi connectivity index (χ0n) is 12.5. The molecular weight excluding hydrogens is 281 g/mol. The first-order chi connectivity index (χ1) is 9.79. The van der Waals surface area contributed by atoms with Gasteiger partial charge in [0.25, 0.3) is 0 Å². The summed E-state index contributed by atoms with van der Waals surface area (Å²) in [5, 5.41) is 0. The number of hydrogen-bond donors (Lipinski definition) is 1. The van der Waals surface area contributed by atoms with Crippen LogP contribution in [0.25, 0.3) is 0 Å². The van der Waals surface area contributed by atoms with E-state index in [9.17, 15) is 18.0 Å². The van der Waals surface area contributed by atoms with Crippen LogP contribution >= 0.6 is 0 Å². The summed E-state index contributed by atoms with van der Waals surface area (Å²) in [6.07, 6.45) is -1.37. The van der Waals surface area contributed by atoms with Gasteiger partial charge in [0.05, 0.1) is 5.92 Å². The summed E-state index contributed by atoms with van der Waals surface area (Å²) in [4.78, 5) is 14.2. The maximum Gasteiger partial charge on any atom is 0.391 e. The molecule has 1 heterocycles. The fourth-order valence-corrected chi connectivity index (χ4v) is 3.57. The summed E-state index contributed by atoms with van der Waals surface area (Å²) in [5.41, 5.74) is 5.88. The number of alkyl halides is 3. The number of carbonyl (C=O) groups excluding carboxylic acids is 1. The molecule has 1 amide bonds. The Bertz CT molecular complexity index is 354. The van der Waals surface area contributed by atoms with Crippen molar-refractivity contribution in [3.8, 4) is 0 Å². The minimum Gasteiger partial charge on any atom is -0.342 e. The standard InChI is InChI=1S/C15H25F3N2O/c1-10(19)11-6-8-20(9-7-11)14(21)12-2-4-13(5-3-12)15(16,17)18/h10-13H,2-9,19H2,1H3. The van der Waals surface area contributed by atoms with Gasteiger partial charge in [0.15, 0.2) is 0 Å². The second kappa shape index (κ2) is 6.55. The molecule has 0 aromatic heterocycles. The van der Waals surface area contributed by atoms with Crippen molar-refractivity contribution in [1.82, 2.24) is 4.90 Å². The second-order valence-electron chi connectivity index (χ2n) is 6.61. The van der Waals surface area contributed by atoms with Gasteiger partial charge < -0.3 is 10.6 Å². The Kier molecular flexibility index (Phi) is 5.17. The first kappa shape index (κ1) is 16.6. The van der Waals surface area contributed by atoms with E-state index < -0.39 is 12.1 Å². The zero-order chi connectivity index (χ0) is 15.6. The lowest BCUT2D eigenvalue weighted by molar-refractivity contribution is -0.185. The fourth-order valence-electron chi connectivity index (χ4n) is 3.57. The van der Waals surface area contributed by atoms with Gasteiger partial charge in [-0.2, -0.15) is 13.2 Å². The van der Waals surface area contributed by atoms with Gasteiger partial charge in [0, 0.05) is 25.0 Å². The quantitative estimate of drug-likeness (QED) is 0.852. The molecule has 1 aliphatic heterocycles. The summed E-state index contributed by atoms with van der Waals surface area (Å²) < 4.78 is 37.9. The maximum atomic E-state index is 12.6. The van der Waals surface area contributed by atoms with Gasteiger partial charge in [-0.25, -0.2) is 0 Å². The monoisotopic (exact) mass is 306 g/mol. The smallest absolute Gasteiger partial charge is 0.342 e. The summed E-state index contributed by atoms with van der Waals surface area (Å²) >= 11 is 0. The van der Waals surface area contributed by atoms with Gasteiger partial charge in [-0.3, -0.25) is 4.79 Å². The summed E-state index contributed by atoms with van der Waals surface area (Å²) in [6.45, 7) is 3.38. The molecule has 1 atom stereocenters. The number of carbonyl (C=O) groups is 1. The predicted molar refractivity (Wildman–Crippen MR) is 74.5 cm³/mol. The molecule has 1 saturated carbocycles. The van der Waals surface area contributed by atoms with E-state index in [1.54, 1.807) is 0 Å². The number of nitrogens with two attached hydrogens (primary N) is 1. The Morgan fingerprint density at radius 2 is 1.62 bits per heavy atom. The molecule has 1 saturated heterocycles. The van der Waals surface area contributed by atoms with Crippen LogP contribution in [-0.2, 0) is 4.79 Å². The van der Waals surface area contributed by atoms with Crippen LogP contribution in [-0.4, -0.2) is 36.1 Å². The summed E-state index contributed by atoms with van der Waals surface area (Å²) in [6, 6.07) is 0.143. The molecule has 1 unspecified atom stereocenters. The number of rotatable bonds is 2. The van der Waals surface area contributed by atoms with Crippen molar-refractivity contribution in [1.29, 1.82) is 0 Å². The van der Waals surface area contributed by atoms with Crippen molar-refractivity contribution < 1.29 is 18.0 Å². The highest BCUT2D eigenvalue weighted by atomic mass is 19.4. The topological polar surface area (TPSA) is 46.3 Å². The average molecular weight is 306 g/mol. The van der Waals surface area contributed by atoms with Crippen molar-refractivity contribution in [2.45, 2.75) is 57.7 Å². The zero-order valence-corrected chi connectivity index (χ0v) is 12.5. The first-order valence-corrected chi connectivity index (χ1v) is 7.90. The number of nitrogens with zero attached hydrogens (tertiary/aromatic N) is 1. The van der Waals surface area contributed by atoms with Crippen LogP contribution in [0.5, 0.6) is 0 Å². The van der Waals surface area contributed by atoms with Crippen LogP contribution in [0.3, 0.4) is 0 Å². The van der Waals surface area contributed by atoms with Gasteiger partial charge in [-0.1, -0.05) is 0 Å². The molecule has 2 aliphatic rings. The molecule has 0 spiro atoms. The van der Waals surface area contributed by atoms with Crippen LogP contribution in [0, 0.1) is 17.8 Å². The van der Waals surface area contributed by atoms with Gasteiger partial charge in [0.1, 0.15) is 0 Å². The van der Waals surface area contributed by atoms with Crippen molar-refractivity contribution in [2.24, 2.45) is 23.5 Å². The van der Waals surface area contributed by atoms with Crippen LogP contribution < -0.4 is 5.73 Å². The molecule has 2 fully saturated rings. The third-order valence-corrected chi connectivity index (χ3v) is 5.13. The Morgan fingerprint density at radius 3 is 2.05 bits per heavy atom. The molecule has 0 aromatic rings.